The molecule has 1 aromatic heterocycles. The maximum absolute atomic E-state index is 14.4. The zero-order valence-electron chi connectivity index (χ0n) is 20.5. The highest BCUT2D eigenvalue weighted by Gasteiger charge is 2.74. The van der Waals surface area contributed by atoms with Crippen LogP contribution in [0.25, 0.3) is 0 Å². The fraction of sp³-hybridized carbons (Fsp3) is 0.586. The molecule has 34 heavy (non-hydrogen) atoms. The van der Waals surface area contributed by atoms with E-state index in [4.69, 9.17) is 0 Å². The van der Waals surface area contributed by atoms with E-state index < -0.39 is 5.54 Å². The van der Waals surface area contributed by atoms with E-state index in [0.717, 1.165) is 25.7 Å². The molecule has 0 N–H and O–H groups in total. The molecule has 0 amide bonds. The van der Waals surface area contributed by atoms with Gasteiger partial charge in [-0.2, -0.15) is 0 Å². The second kappa shape index (κ2) is 5.32. The molecule has 0 unspecified atom stereocenters. The van der Waals surface area contributed by atoms with E-state index in [1.807, 2.05) is 9.36 Å². The minimum absolute atomic E-state index is 0.0234. The van der Waals surface area contributed by atoms with Crippen LogP contribution in [-0.2, 0) is 17.4 Å². The number of benzene rings is 1. The van der Waals surface area contributed by atoms with Crippen molar-refractivity contribution in [3.63, 3.8) is 0 Å². The van der Waals surface area contributed by atoms with Gasteiger partial charge in [-0.1, -0.05) is 69.3 Å². The Hall–Kier alpha value is -2.56. The first-order chi connectivity index (χ1) is 16.1. The van der Waals surface area contributed by atoms with Gasteiger partial charge < -0.3 is 0 Å². The highest BCUT2D eigenvalue weighted by Crippen LogP contribution is 2.73. The van der Waals surface area contributed by atoms with Crippen LogP contribution in [0, 0.1) is 22.2 Å². The van der Waals surface area contributed by atoms with Crippen LogP contribution >= 0.6 is 0 Å². The highest BCUT2D eigenvalue weighted by molar-refractivity contribution is 5.59. The van der Waals surface area contributed by atoms with Crippen molar-refractivity contribution in [2.45, 2.75) is 82.8 Å². The zero-order valence-corrected chi connectivity index (χ0v) is 20.5. The lowest BCUT2D eigenvalue weighted by molar-refractivity contribution is -0.0557. The summed E-state index contributed by atoms with van der Waals surface area (Å²) < 4.78 is 5.42. The van der Waals surface area contributed by atoms with Crippen molar-refractivity contribution in [1.29, 1.82) is 0 Å². The Morgan fingerprint density at radius 2 is 1.74 bits per heavy atom. The smallest absolute Gasteiger partial charge is 0.246 e. The summed E-state index contributed by atoms with van der Waals surface area (Å²) in [4.78, 5) is 28.6. The summed E-state index contributed by atoms with van der Waals surface area (Å²) in [5, 5.41) is 0. The maximum atomic E-state index is 14.4. The van der Waals surface area contributed by atoms with Crippen LogP contribution < -0.4 is 11.4 Å². The molecule has 0 spiro atoms. The van der Waals surface area contributed by atoms with Crippen LogP contribution in [0.4, 0.5) is 0 Å². The highest BCUT2D eigenvalue weighted by atomic mass is 16.2. The Kier molecular flexibility index (Phi) is 3.08. The molecular formula is C29H33N3O2. The van der Waals surface area contributed by atoms with Crippen molar-refractivity contribution >= 4 is 0 Å². The van der Waals surface area contributed by atoms with E-state index in [1.54, 1.807) is 4.57 Å². The number of fused-ring (bicyclic) bond motifs is 3. The van der Waals surface area contributed by atoms with E-state index in [1.165, 1.54) is 17.5 Å². The molecule has 2 fully saturated rings. The molecule has 0 radical (unpaired) electrons. The first kappa shape index (κ1) is 19.7. The minimum atomic E-state index is -0.609. The van der Waals surface area contributed by atoms with Gasteiger partial charge in [0.05, 0.1) is 17.0 Å². The average molecular weight is 456 g/mol. The molecule has 5 aliphatic carbocycles. The van der Waals surface area contributed by atoms with Crippen molar-refractivity contribution in [3.8, 4) is 0 Å². The fourth-order valence-corrected chi connectivity index (χ4v) is 10.0. The Balaban J connectivity index is 1.42. The van der Waals surface area contributed by atoms with Crippen LogP contribution in [-0.4, -0.2) is 13.9 Å². The molecule has 2 aliphatic heterocycles. The molecule has 1 aromatic carbocycles. The van der Waals surface area contributed by atoms with Gasteiger partial charge in [0.15, 0.2) is 0 Å². The summed E-state index contributed by atoms with van der Waals surface area (Å²) in [5.41, 5.74) is 1.59. The molecule has 9 rings (SSSR count). The molecular weight excluding hydrogens is 422 g/mol. The monoisotopic (exact) mass is 455 g/mol. The van der Waals surface area contributed by atoms with Gasteiger partial charge in [-0.05, 0) is 66.9 Å². The lowest BCUT2D eigenvalue weighted by Crippen LogP contribution is -2.74. The van der Waals surface area contributed by atoms with Gasteiger partial charge in [-0.15, -0.1) is 0 Å². The predicted octanol–water partition coefficient (Wildman–Crippen LogP) is 4.48. The predicted molar refractivity (Wildman–Crippen MR) is 131 cm³/mol. The Bertz CT molecular complexity index is 1490. The van der Waals surface area contributed by atoms with E-state index in [9.17, 15) is 9.59 Å². The second-order valence-electron chi connectivity index (χ2n) is 13.0. The molecule has 176 valence electrons. The van der Waals surface area contributed by atoms with Crippen LogP contribution in [0.5, 0.6) is 0 Å². The zero-order chi connectivity index (χ0) is 23.5. The Morgan fingerprint density at radius 3 is 2.41 bits per heavy atom. The normalized spacial score (nSPS) is 45.5. The van der Waals surface area contributed by atoms with Crippen LogP contribution in [0.1, 0.15) is 76.6 Å². The second-order valence-corrected chi connectivity index (χ2v) is 13.0. The number of rotatable bonds is 1. The first-order valence-electron chi connectivity index (χ1n) is 13.1. The Morgan fingerprint density at radius 1 is 0.941 bits per heavy atom. The van der Waals surface area contributed by atoms with Gasteiger partial charge >= 0.3 is 11.4 Å². The number of aryl methyl sites for hydroxylation is 1. The summed E-state index contributed by atoms with van der Waals surface area (Å²) in [5.74, 6) is 0.575. The SMILES string of the molecule is CC1(C)[C@H]2CC[C@@]1(C)[C@H](n1c(=O)n3n(c1=O)[C@@]1(C)C=C[C@H]3[C@@]34C=C[C@]31c1ccccc1CC4)C2. The van der Waals surface area contributed by atoms with Crippen molar-refractivity contribution < 1.29 is 0 Å². The van der Waals surface area contributed by atoms with E-state index in [2.05, 4.69) is 76.3 Å². The van der Waals surface area contributed by atoms with E-state index >= 15 is 0 Å². The van der Waals surface area contributed by atoms with Gasteiger partial charge in [-0.3, -0.25) is 0 Å². The third-order valence-electron chi connectivity index (χ3n) is 12.3. The van der Waals surface area contributed by atoms with Gasteiger partial charge in [-0.25, -0.2) is 23.5 Å². The maximum Gasteiger partial charge on any atom is 0.348 e. The summed E-state index contributed by atoms with van der Waals surface area (Å²) in [6, 6.07) is 8.62. The van der Waals surface area contributed by atoms with E-state index in [-0.39, 0.29) is 45.1 Å². The summed E-state index contributed by atoms with van der Waals surface area (Å²) in [6.45, 7) is 9.21. The largest absolute Gasteiger partial charge is 0.348 e. The molecule has 7 aliphatic rings. The number of hydrogen-bond donors (Lipinski definition) is 0. The van der Waals surface area contributed by atoms with Crippen molar-refractivity contribution in [2.24, 2.45) is 22.2 Å². The molecule has 5 heteroatoms. The number of allylic oxidation sites excluding steroid dienone is 4. The minimum Gasteiger partial charge on any atom is -0.246 e. The van der Waals surface area contributed by atoms with Gasteiger partial charge in [0, 0.05) is 11.5 Å². The molecule has 5 nitrogen and oxygen atoms in total. The Labute approximate surface area is 199 Å². The standard InChI is InChI=1S/C29H33N3O2/c1-25(2)19-10-12-26(25,3)22(17-19)30-23(33)31-21-11-13-27(4,32(31)24(30)34)29-16-15-28(21,29)14-9-18-7-5-6-8-20(18)29/h5-8,11,13,15-16,19,21-22H,9-10,12,14,17H2,1-4H3/t19-,21-,22+,26-,27-,28+,29+/m0/s1. The van der Waals surface area contributed by atoms with Gasteiger partial charge in [0.25, 0.3) is 0 Å². The van der Waals surface area contributed by atoms with Crippen molar-refractivity contribution in [1.82, 2.24) is 13.9 Å². The summed E-state index contributed by atoms with van der Waals surface area (Å²) in [7, 11) is 0. The third kappa shape index (κ3) is 1.59. The number of hydrogen-bond acceptors (Lipinski definition) is 2. The molecule has 2 saturated carbocycles. The summed E-state index contributed by atoms with van der Waals surface area (Å²) in [6.07, 6.45) is 14.4. The molecule has 0 saturated heterocycles. The molecule has 7 atom stereocenters. The molecule has 2 aromatic rings. The lowest BCUT2D eigenvalue weighted by Gasteiger charge is -2.71. The quantitative estimate of drug-likeness (QED) is 0.596. The lowest BCUT2D eigenvalue weighted by atomic mass is 9.37. The van der Waals surface area contributed by atoms with E-state index in [0.29, 0.717) is 5.92 Å². The van der Waals surface area contributed by atoms with Gasteiger partial charge in [0.1, 0.15) is 0 Å². The van der Waals surface area contributed by atoms with Crippen LogP contribution in [0.2, 0.25) is 0 Å². The van der Waals surface area contributed by atoms with Crippen LogP contribution in [0.3, 0.4) is 0 Å². The van der Waals surface area contributed by atoms with Crippen LogP contribution in [0.15, 0.2) is 58.2 Å². The number of nitrogens with zero attached hydrogens (tertiary/aromatic N) is 3. The molecule has 4 bridgehead atoms. The fourth-order valence-electron chi connectivity index (χ4n) is 10.0. The third-order valence-corrected chi connectivity index (χ3v) is 12.3. The first-order valence-corrected chi connectivity index (χ1v) is 13.1. The van der Waals surface area contributed by atoms with Gasteiger partial charge in [0.2, 0.25) is 0 Å². The molecule has 3 heterocycles. The topological polar surface area (TPSA) is 48.9 Å². The van der Waals surface area contributed by atoms with Crippen molar-refractivity contribution in [3.05, 3.63) is 80.7 Å². The average Bonchev–Trinajstić information content (AvgIpc) is 3.26. The summed E-state index contributed by atoms with van der Waals surface area (Å²) >= 11 is 0. The number of aromatic nitrogens is 3. The van der Waals surface area contributed by atoms with Crippen molar-refractivity contribution in [2.75, 3.05) is 0 Å².